The van der Waals surface area contributed by atoms with Crippen LogP contribution < -0.4 is 10.9 Å². The normalized spacial score (nSPS) is 12.5. The smallest absolute Gasteiger partial charge is 0.369 e. The molecule has 1 heterocycles. The molecule has 2 aromatic rings. The van der Waals surface area contributed by atoms with Crippen molar-refractivity contribution in [1.82, 2.24) is 0 Å². The van der Waals surface area contributed by atoms with Gasteiger partial charge in [0.1, 0.15) is 5.58 Å². The summed E-state index contributed by atoms with van der Waals surface area (Å²) in [6.07, 6.45) is -0.694. The number of rotatable bonds is 5. The van der Waals surface area contributed by atoms with E-state index in [1.165, 1.54) is 6.07 Å². The summed E-state index contributed by atoms with van der Waals surface area (Å²) >= 11 is 0. The van der Waals surface area contributed by atoms with Crippen LogP contribution in [0.25, 0.3) is 11.0 Å². The SMILES string of the molecule is CC(C)OP(=O)(OC(C)C)c1cc2ccccc2oc1=O. The van der Waals surface area contributed by atoms with Crippen LogP contribution >= 0.6 is 7.60 Å². The molecule has 0 aliphatic heterocycles. The average molecular weight is 310 g/mol. The van der Waals surface area contributed by atoms with Crippen LogP contribution in [0.1, 0.15) is 27.7 Å². The molecular weight excluding hydrogens is 291 g/mol. The third-order valence-electron chi connectivity index (χ3n) is 2.62. The third-order valence-corrected chi connectivity index (χ3v) is 4.92. The van der Waals surface area contributed by atoms with Crippen LogP contribution in [-0.4, -0.2) is 12.2 Å². The highest BCUT2D eigenvalue weighted by atomic mass is 31.2. The lowest BCUT2D eigenvalue weighted by molar-refractivity contribution is 0.149. The fourth-order valence-corrected chi connectivity index (χ4v) is 3.89. The molecule has 21 heavy (non-hydrogen) atoms. The molecule has 0 bridgehead atoms. The zero-order valence-corrected chi connectivity index (χ0v) is 13.4. The van der Waals surface area contributed by atoms with Gasteiger partial charge in [-0.25, -0.2) is 4.79 Å². The van der Waals surface area contributed by atoms with Gasteiger partial charge in [0.05, 0.1) is 12.2 Å². The summed E-state index contributed by atoms with van der Waals surface area (Å²) in [5.41, 5.74) is -0.259. The molecule has 0 fully saturated rings. The van der Waals surface area contributed by atoms with E-state index in [0.29, 0.717) is 11.0 Å². The predicted molar refractivity (Wildman–Crippen MR) is 82.2 cm³/mol. The van der Waals surface area contributed by atoms with Gasteiger partial charge in [-0.05, 0) is 39.8 Å². The van der Waals surface area contributed by atoms with E-state index >= 15 is 0 Å². The highest BCUT2D eigenvalue weighted by Gasteiger charge is 2.34. The van der Waals surface area contributed by atoms with Crippen LogP contribution in [0.3, 0.4) is 0 Å². The maximum atomic E-state index is 13.0. The van der Waals surface area contributed by atoms with Crippen LogP contribution in [0.5, 0.6) is 0 Å². The molecule has 0 aliphatic carbocycles. The molecule has 0 saturated carbocycles. The lowest BCUT2D eigenvalue weighted by Gasteiger charge is -2.22. The van der Waals surface area contributed by atoms with Crippen molar-refractivity contribution in [3.05, 3.63) is 40.8 Å². The van der Waals surface area contributed by atoms with Crippen molar-refractivity contribution in [3.8, 4) is 0 Å². The number of para-hydroxylation sites is 1. The van der Waals surface area contributed by atoms with Gasteiger partial charge in [0.25, 0.3) is 0 Å². The first-order chi connectivity index (χ1) is 9.82. The molecule has 114 valence electrons. The first-order valence-electron chi connectivity index (χ1n) is 6.82. The second-order valence-electron chi connectivity index (χ2n) is 5.26. The minimum atomic E-state index is -3.73. The second-order valence-corrected chi connectivity index (χ2v) is 7.16. The average Bonchev–Trinajstić information content (AvgIpc) is 2.35. The van der Waals surface area contributed by atoms with Gasteiger partial charge in [0.15, 0.2) is 5.30 Å². The van der Waals surface area contributed by atoms with Gasteiger partial charge in [-0.1, -0.05) is 18.2 Å². The van der Waals surface area contributed by atoms with Crippen molar-refractivity contribution in [2.45, 2.75) is 39.9 Å². The van der Waals surface area contributed by atoms with Gasteiger partial charge in [-0.15, -0.1) is 0 Å². The van der Waals surface area contributed by atoms with E-state index < -0.39 is 13.2 Å². The lowest BCUT2D eigenvalue weighted by Crippen LogP contribution is -2.28. The van der Waals surface area contributed by atoms with E-state index in [4.69, 9.17) is 13.5 Å². The Labute approximate surface area is 123 Å². The number of benzene rings is 1. The van der Waals surface area contributed by atoms with Crippen molar-refractivity contribution in [3.63, 3.8) is 0 Å². The van der Waals surface area contributed by atoms with E-state index in [9.17, 15) is 9.36 Å². The van der Waals surface area contributed by atoms with E-state index in [1.54, 1.807) is 45.9 Å². The third kappa shape index (κ3) is 3.62. The fraction of sp³-hybridized carbons (Fsp3) is 0.400. The topological polar surface area (TPSA) is 65.7 Å². The molecule has 0 aliphatic rings. The Bertz CT molecular complexity index is 718. The molecule has 2 rings (SSSR count). The second kappa shape index (κ2) is 6.14. The molecule has 1 aromatic heterocycles. The Morgan fingerprint density at radius 3 is 2.19 bits per heavy atom. The molecule has 0 atom stereocenters. The van der Waals surface area contributed by atoms with E-state index in [-0.39, 0.29) is 17.5 Å². The summed E-state index contributed by atoms with van der Waals surface area (Å²) in [6.45, 7) is 6.94. The Kier molecular flexibility index (Phi) is 4.67. The van der Waals surface area contributed by atoms with E-state index in [2.05, 4.69) is 0 Å². The molecule has 0 unspecified atom stereocenters. The van der Waals surface area contributed by atoms with Crippen LogP contribution in [-0.2, 0) is 13.6 Å². The molecule has 6 heteroatoms. The minimum absolute atomic E-state index is 0.0661. The lowest BCUT2D eigenvalue weighted by atomic mass is 10.2. The van der Waals surface area contributed by atoms with Crippen LogP contribution in [0.15, 0.2) is 39.5 Å². The van der Waals surface area contributed by atoms with Crippen molar-refractivity contribution in [2.75, 3.05) is 0 Å². The highest BCUT2D eigenvalue weighted by molar-refractivity contribution is 7.62. The molecular formula is C15H19O5P. The van der Waals surface area contributed by atoms with Gasteiger partial charge in [-0.2, -0.15) is 0 Å². The summed E-state index contributed by atoms with van der Waals surface area (Å²) < 4.78 is 29.1. The Balaban J connectivity index is 2.61. The Morgan fingerprint density at radius 1 is 1.05 bits per heavy atom. The molecule has 0 spiro atoms. The highest BCUT2D eigenvalue weighted by Crippen LogP contribution is 2.48. The first kappa shape index (κ1) is 16.0. The molecule has 5 nitrogen and oxygen atoms in total. The van der Waals surface area contributed by atoms with E-state index in [1.807, 2.05) is 6.07 Å². The zero-order valence-electron chi connectivity index (χ0n) is 12.5. The molecule has 0 N–H and O–H groups in total. The summed E-state index contributed by atoms with van der Waals surface area (Å²) in [4.78, 5) is 12.1. The van der Waals surface area contributed by atoms with E-state index in [0.717, 1.165) is 0 Å². The standard InChI is InChI=1S/C15H19O5P/c1-10(2)19-21(17,20-11(3)4)14-9-12-7-5-6-8-13(12)18-15(14)16/h5-11H,1-4H3. The van der Waals surface area contributed by atoms with Crippen LogP contribution in [0.4, 0.5) is 0 Å². The Hall–Kier alpha value is -1.42. The summed E-state index contributed by atoms with van der Waals surface area (Å²) in [7, 11) is -3.73. The van der Waals surface area contributed by atoms with Crippen molar-refractivity contribution >= 4 is 23.9 Å². The van der Waals surface area contributed by atoms with Crippen LogP contribution in [0.2, 0.25) is 0 Å². The van der Waals surface area contributed by atoms with Crippen molar-refractivity contribution in [1.29, 1.82) is 0 Å². The van der Waals surface area contributed by atoms with Gasteiger partial charge in [-0.3, -0.25) is 4.57 Å². The van der Waals surface area contributed by atoms with Crippen molar-refractivity contribution < 1.29 is 18.0 Å². The molecule has 1 aromatic carbocycles. The quantitative estimate of drug-likeness (QED) is 0.625. The predicted octanol–water partition coefficient (Wildman–Crippen LogP) is 3.46. The molecule has 0 radical (unpaired) electrons. The van der Waals surface area contributed by atoms with Crippen molar-refractivity contribution in [2.24, 2.45) is 0 Å². The van der Waals surface area contributed by atoms with Gasteiger partial charge >= 0.3 is 13.2 Å². The fourth-order valence-electron chi connectivity index (χ4n) is 1.94. The summed E-state index contributed by atoms with van der Waals surface area (Å²) in [5, 5.41) is 0.607. The number of fused-ring (bicyclic) bond motifs is 1. The Morgan fingerprint density at radius 2 is 1.62 bits per heavy atom. The summed E-state index contributed by atoms with van der Waals surface area (Å²) in [6, 6.07) is 8.55. The maximum Gasteiger partial charge on any atom is 0.369 e. The maximum absolute atomic E-state index is 13.0. The molecule has 0 saturated heterocycles. The molecule has 0 amide bonds. The summed E-state index contributed by atoms with van der Waals surface area (Å²) in [5.74, 6) is 0. The minimum Gasteiger partial charge on any atom is -0.422 e. The van der Waals surface area contributed by atoms with Crippen LogP contribution in [0, 0.1) is 0 Å². The number of hydrogen-bond donors (Lipinski definition) is 0. The first-order valence-corrected chi connectivity index (χ1v) is 8.36. The number of hydrogen-bond acceptors (Lipinski definition) is 5. The van der Waals surface area contributed by atoms with Gasteiger partial charge in [0.2, 0.25) is 0 Å². The van der Waals surface area contributed by atoms with Gasteiger partial charge in [0, 0.05) is 5.39 Å². The van der Waals surface area contributed by atoms with Gasteiger partial charge < -0.3 is 13.5 Å². The zero-order chi connectivity index (χ0) is 15.6. The largest absolute Gasteiger partial charge is 0.422 e. The monoisotopic (exact) mass is 310 g/mol.